The van der Waals surface area contributed by atoms with Crippen LogP contribution in [0, 0.1) is 0 Å². The Bertz CT molecular complexity index is 248. The van der Waals surface area contributed by atoms with Crippen molar-refractivity contribution in [3.05, 3.63) is 35.7 Å². The summed E-state index contributed by atoms with van der Waals surface area (Å²) in [7, 11) is 0. The lowest BCUT2D eigenvalue weighted by atomic mass is 10.3. The Morgan fingerprint density at radius 1 is 1.60 bits per heavy atom. The van der Waals surface area contributed by atoms with Gasteiger partial charge in [-0.2, -0.15) is 0 Å². The highest BCUT2D eigenvalue weighted by Crippen LogP contribution is 2.21. The molecule has 0 spiro atoms. The van der Waals surface area contributed by atoms with E-state index in [1.807, 2.05) is 17.5 Å². The molecular weight excluding hydrogens is 144 g/mol. The summed E-state index contributed by atoms with van der Waals surface area (Å²) in [6.45, 7) is 3.54. The first-order valence-corrected chi connectivity index (χ1v) is 3.77. The summed E-state index contributed by atoms with van der Waals surface area (Å²) < 4.78 is 0. The SMILES string of the molecule is C=CC=Cc1csc(O)c1. The molecule has 10 heavy (non-hydrogen) atoms. The van der Waals surface area contributed by atoms with Crippen molar-refractivity contribution in [2.75, 3.05) is 0 Å². The Hall–Kier alpha value is -1.02. The minimum atomic E-state index is 0.351. The Morgan fingerprint density at radius 2 is 2.40 bits per heavy atom. The van der Waals surface area contributed by atoms with Gasteiger partial charge in [-0.1, -0.05) is 24.8 Å². The van der Waals surface area contributed by atoms with E-state index in [-0.39, 0.29) is 0 Å². The molecule has 1 nitrogen and oxygen atoms in total. The van der Waals surface area contributed by atoms with Crippen LogP contribution in [0.5, 0.6) is 5.06 Å². The molecular formula is C8H8OS. The van der Waals surface area contributed by atoms with Crippen molar-refractivity contribution in [3.8, 4) is 5.06 Å². The molecule has 0 amide bonds. The molecule has 1 N–H and O–H groups in total. The standard InChI is InChI=1S/C8H8OS/c1-2-3-4-7-5-8(9)10-6-7/h2-6,9H,1H2. The first-order valence-electron chi connectivity index (χ1n) is 2.89. The molecule has 0 radical (unpaired) electrons. The summed E-state index contributed by atoms with van der Waals surface area (Å²) in [6, 6.07) is 1.71. The molecule has 2 heteroatoms. The third kappa shape index (κ3) is 1.74. The van der Waals surface area contributed by atoms with Gasteiger partial charge >= 0.3 is 0 Å². The fourth-order valence-electron chi connectivity index (χ4n) is 0.606. The molecule has 1 heterocycles. The smallest absolute Gasteiger partial charge is 0.171 e. The van der Waals surface area contributed by atoms with Crippen molar-refractivity contribution in [3.63, 3.8) is 0 Å². The molecule has 0 bridgehead atoms. The van der Waals surface area contributed by atoms with E-state index in [0.29, 0.717) is 5.06 Å². The molecule has 1 aromatic heterocycles. The summed E-state index contributed by atoms with van der Waals surface area (Å²) in [4.78, 5) is 0. The molecule has 0 fully saturated rings. The van der Waals surface area contributed by atoms with Crippen molar-refractivity contribution in [2.24, 2.45) is 0 Å². The summed E-state index contributed by atoms with van der Waals surface area (Å²) in [5, 5.41) is 11.1. The predicted molar refractivity (Wildman–Crippen MR) is 45.2 cm³/mol. The van der Waals surface area contributed by atoms with Gasteiger partial charge in [-0.3, -0.25) is 0 Å². The fraction of sp³-hybridized carbons (Fsp3) is 0. The van der Waals surface area contributed by atoms with Crippen LogP contribution in [-0.2, 0) is 0 Å². The second-order valence-corrected chi connectivity index (χ2v) is 2.70. The average molecular weight is 152 g/mol. The van der Waals surface area contributed by atoms with Crippen LogP contribution < -0.4 is 0 Å². The first-order chi connectivity index (χ1) is 4.83. The number of aromatic hydroxyl groups is 1. The van der Waals surface area contributed by atoms with Crippen molar-refractivity contribution in [2.45, 2.75) is 0 Å². The minimum Gasteiger partial charge on any atom is -0.499 e. The van der Waals surface area contributed by atoms with E-state index in [2.05, 4.69) is 6.58 Å². The zero-order valence-electron chi connectivity index (χ0n) is 5.45. The number of hydrogen-bond acceptors (Lipinski definition) is 2. The molecule has 0 saturated carbocycles. The molecule has 0 saturated heterocycles. The molecule has 0 atom stereocenters. The zero-order valence-corrected chi connectivity index (χ0v) is 6.27. The van der Waals surface area contributed by atoms with Crippen LogP contribution in [0.25, 0.3) is 6.08 Å². The van der Waals surface area contributed by atoms with Crippen LogP contribution in [0.2, 0.25) is 0 Å². The highest BCUT2D eigenvalue weighted by Gasteiger charge is 1.90. The number of rotatable bonds is 2. The van der Waals surface area contributed by atoms with Gasteiger partial charge in [0, 0.05) is 5.38 Å². The Labute approximate surface area is 63.9 Å². The second kappa shape index (κ2) is 3.22. The molecule has 0 aliphatic heterocycles. The van der Waals surface area contributed by atoms with Crippen LogP contribution in [0.15, 0.2) is 30.2 Å². The molecule has 1 rings (SSSR count). The number of thiophene rings is 1. The van der Waals surface area contributed by atoms with Gasteiger partial charge in [0.05, 0.1) is 0 Å². The Balaban J connectivity index is 2.75. The molecule has 0 aromatic carbocycles. The topological polar surface area (TPSA) is 20.2 Å². The van der Waals surface area contributed by atoms with Crippen LogP contribution in [0.1, 0.15) is 5.56 Å². The van der Waals surface area contributed by atoms with Gasteiger partial charge in [0.2, 0.25) is 0 Å². The van der Waals surface area contributed by atoms with E-state index in [4.69, 9.17) is 5.11 Å². The van der Waals surface area contributed by atoms with E-state index < -0.39 is 0 Å². The Kier molecular flexibility index (Phi) is 2.29. The lowest BCUT2D eigenvalue weighted by Crippen LogP contribution is -1.56. The van der Waals surface area contributed by atoms with E-state index in [9.17, 15) is 0 Å². The zero-order chi connectivity index (χ0) is 7.40. The highest BCUT2D eigenvalue weighted by molar-refractivity contribution is 7.11. The van der Waals surface area contributed by atoms with Gasteiger partial charge in [0.15, 0.2) is 5.06 Å². The predicted octanol–water partition coefficient (Wildman–Crippen LogP) is 2.65. The molecule has 0 unspecified atom stereocenters. The highest BCUT2D eigenvalue weighted by atomic mass is 32.1. The van der Waals surface area contributed by atoms with Crippen LogP contribution in [0.3, 0.4) is 0 Å². The minimum absolute atomic E-state index is 0.351. The van der Waals surface area contributed by atoms with Crippen molar-refractivity contribution >= 4 is 17.4 Å². The third-order valence-electron chi connectivity index (χ3n) is 1.03. The molecule has 52 valence electrons. The summed E-state index contributed by atoms with van der Waals surface area (Å²) >= 11 is 1.32. The summed E-state index contributed by atoms with van der Waals surface area (Å²) in [6.07, 6.45) is 5.43. The Morgan fingerprint density at radius 3 is 2.90 bits per heavy atom. The average Bonchev–Trinajstić information content (AvgIpc) is 2.31. The number of hydrogen-bond donors (Lipinski definition) is 1. The van der Waals surface area contributed by atoms with Crippen molar-refractivity contribution in [1.29, 1.82) is 0 Å². The van der Waals surface area contributed by atoms with Gasteiger partial charge in [-0.15, -0.1) is 11.3 Å². The first kappa shape index (κ1) is 7.09. The molecule has 0 aliphatic rings. The largest absolute Gasteiger partial charge is 0.499 e. The maximum absolute atomic E-state index is 8.91. The van der Waals surface area contributed by atoms with Crippen molar-refractivity contribution < 1.29 is 5.11 Å². The fourth-order valence-corrected chi connectivity index (χ4v) is 1.21. The van der Waals surface area contributed by atoms with E-state index in [1.54, 1.807) is 12.1 Å². The summed E-state index contributed by atoms with van der Waals surface area (Å²) in [5.41, 5.74) is 1.02. The van der Waals surface area contributed by atoms with Gasteiger partial charge in [-0.25, -0.2) is 0 Å². The lowest BCUT2D eigenvalue weighted by Gasteiger charge is -1.77. The van der Waals surface area contributed by atoms with Gasteiger partial charge < -0.3 is 5.11 Å². The third-order valence-corrected chi connectivity index (χ3v) is 1.78. The second-order valence-electron chi connectivity index (χ2n) is 1.81. The van der Waals surface area contributed by atoms with Gasteiger partial charge in [-0.05, 0) is 11.6 Å². The van der Waals surface area contributed by atoms with E-state index in [0.717, 1.165) is 5.56 Å². The van der Waals surface area contributed by atoms with E-state index >= 15 is 0 Å². The van der Waals surface area contributed by atoms with Gasteiger partial charge in [0.1, 0.15) is 0 Å². The maximum atomic E-state index is 8.91. The molecule has 0 aliphatic carbocycles. The summed E-state index contributed by atoms with van der Waals surface area (Å²) in [5.74, 6) is 0. The quantitative estimate of drug-likeness (QED) is 0.646. The molecule has 1 aromatic rings. The van der Waals surface area contributed by atoms with Crippen LogP contribution in [0.4, 0.5) is 0 Å². The van der Waals surface area contributed by atoms with Crippen LogP contribution in [-0.4, -0.2) is 5.11 Å². The normalized spacial score (nSPS) is 10.4. The number of allylic oxidation sites excluding steroid dienone is 2. The monoisotopic (exact) mass is 152 g/mol. The van der Waals surface area contributed by atoms with Gasteiger partial charge in [0.25, 0.3) is 0 Å². The maximum Gasteiger partial charge on any atom is 0.171 e. The van der Waals surface area contributed by atoms with Crippen molar-refractivity contribution in [1.82, 2.24) is 0 Å². The van der Waals surface area contributed by atoms with Crippen LogP contribution >= 0.6 is 11.3 Å². The lowest BCUT2D eigenvalue weighted by molar-refractivity contribution is 0.491. The van der Waals surface area contributed by atoms with E-state index in [1.165, 1.54) is 11.3 Å².